The number of ether oxygens (including phenoxy) is 1. The van der Waals surface area contributed by atoms with Gasteiger partial charge in [-0.3, -0.25) is 19.7 Å². The molecule has 0 aromatic heterocycles. The molecule has 1 aromatic rings. The van der Waals surface area contributed by atoms with Gasteiger partial charge in [0.15, 0.2) is 0 Å². The molecule has 0 spiro atoms. The molecule has 2 aliphatic carbocycles. The van der Waals surface area contributed by atoms with Crippen molar-refractivity contribution in [1.29, 1.82) is 0 Å². The van der Waals surface area contributed by atoms with Crippen LogP contribution in [0.1, 0.15) is 18.4 Å². The van der Waals surface area contributed by atoms with Crippen LogP contribution in [0.3, 0.4) is 0 Å². The van der Waals surface area contributed by atoms with Gasteiger partial charge >= 0.3 is 5.97 Å². The number of fused-ring (bicyclic) bond motifs is 1. The minimum atomic E-state index is -0.479. The van der Waals surface area contributed by atoms with Gasteiger partial charge in [0.2, 0.25) is 0 Å². The summed E-state index contributed by atoms with van der Waals surface area (Å²) in [5, 5.41) is 10.5. The lowest BCUT2D eigenvalue weighted by atomic mass is 10.1. The number of Topliss-reactive ketones (excluding diaryl/α,β-unsaturated/α-hetero) is 1. The van der Waals surface area contributed by atoms with Gasteiger partial charge < -0.3 is 4.74 Å². The summed E-state index contributed by atoms with van der Waals surface area (Å²) in [6, 6.07) is 5.87. The molecule has 2 fully saturated rings. The maximum Gasteiger partial charge on any atom is 0.310 e. The van der Waals surface area contributed by atoms with Crippen molar-refractivity contribution in [2.75, 3.05) is 0 Å². The predicted molar refractivity (Wildman–Crippen MR) is 67.6 cm³/mol. The topological polar surface area (TPSA) is 86.5 Å². The molecule has 3 atom stereocenters. The van der Waals surface area contributed by atoms with Crippen molar-refractivity contribution in [3.63, 3.8) is 0 Å². The third kappa shape index (κ3) is 2.17. The summed E-state index contributed by atoms with van der Waals surface area (Å²) in [4.78, 5) is 33.3. The Morgan fingerprint density at radius 3 is 2.60 bits per heavy atom. The number of benzene rings is 1. The van der Waals surface area contributed by atoms with Gasteiger partial charge in [0.05, 0.1) is 10.8 Å². The van der Waals surface area contributed by atoms with E-state index in [2.05, 4.69) is 0 Å². The number of carbonyl (C=O) groups is 2. The second-order valence-electron chi connectivity index (χ2n) is 5.25. The highest BCUT2D eigenvalue weighted by Crippen LogP contribution is 2.55. The van der Waals surface area contributed by atoms with Crippen LogP contribution in [0, 0.1) is 27.9 Å². The van der Waals surface area contributed by atoms with E-state index < -0.39 is 4.92 Å². The number of esters is 1. The third-order valence-corrected chi connectivity index (χ3v) is 4.06. The van der Waals surface area contributed by atoms with Crippen molar-refractivity contribution < 1.29 is 19.2 Å². The van der Waals surface area contributed by atoms with Crippen molar-refractivity contribution >= 4 is 17.4 Å². The monoisotopic (exact) mass is 275 g/mol. The number of non-ortho nitro benzene ring substituents is 1. The van der Waals surface area contributed by atoms with Crippen LogP contribution < -0.4 is 0 Å². The molecule has 0 aliphatic heterocycles. The number of nitrogens with zero attached hydrogens (tertiary/aromatic N) is 1. The number of hydrogen-bond acceptors (Lipinski definition) is 5. The number of carbonyl (C=O) groups excluding carboxylic acids is 2. The van der Waals surface area contributed by atoms with Crippen molar-refractivity contribution in [2.24, 2.45) is 17.8 Å². The molecular weight excluding hydrogens is 262 g/mol. The van der Waals surface area contributed by atoms with Gasteiger partial charge in [0.1, 0.15) is 12.4 Å². The van der Waals surface area contributed by atoms with Crippen molar-refractivity contribution in [3.05, 3.63) is 39.9 Å². The standard InChI is InChI=1S/C14H13NO5/c16-11-6-5-10-12(11)13(10)14(17)20-7-8-1-3-9(4-2-8)15(18)19/h1-4,10,12-13H,5-7H2/t10-,12-,13+/m0/s1. The van der Waals surface area contributed by atoms with Crippen LogP contribution in [-0.4, -0.2) is 16.7 Å². The first-order valence-electron chi connectivity index (χ1n) is 6.50. The lowest BCUT2D eigenvalue weighted by molar-refractivity contribution is -0.384. The van der Waals surface area contributed by atoms with Crippen LogP contribution in [0.5, 0.6) is 0 Å². The van der Waals surface area contributed by atoms with E-state index in [1.54, 1.807) is 12.1 Å². The smallest absolute Gasteiger partial charge is 0.310 e. The zero-order valence-electron chi connectivity index (χ0n) is 10.7. The molecule has 20 heavy (non-hydrogen) atoms. The molecular formula is C14H13NO5. The van der Waals surface area contributed by atoms with E-state index in [9.17, 15) is 19.7 Å². The van der Waals surface area contributed by atoms with Crippen LogP contribution in [0.25, 0.3) is 0 Å². The molecule has 2 saturated carbocycles. The highest BCUT2D eigenvalue weighted by atomic mass is 16.6. The molecule has 0 bridgehead atoms. The van der Waals surface area contributed by atoms with Crippen LogP contribution in [0.4, 0.5) is 5.69 Å². The molecule has 1 aromatic carbocycles. The number of ketones is 1. The van der Waals surface area contributed by atoms with Gasteiger partial charge in [-0.25, -0.2) is 0 Å². The molecule has 0 N–H and O–H groups in total. The van der Waals surface area contributed by atoms with Crippen molar-refractivity contribution in [2.45, 2.75) is 19.4 Å². The molecule has 104 valence electrons. The molecule has 6 heteroatoms. The highest BCUT2D eigenvalue weighted by molar-refractivity contribution is 5.94. The normalized spacial score (nSPS) is 27.0. The average molecular weight is 275 g/mol. The van der Waals surface area contributed by atoms with E-state index >= 15 is 0 Å². The summed E-state index contributed by atoms with van der Waals surface area (Å²) in [6.45, 7) is 0.0843. The molecule has 0 saturated heterocycles. The van der Waals surface area contributed by atoms with E-state index in [1.165, 1.54) is 12.1 Å². The fourth-order valence-electron chi connectivity index (χ4n) is 2.93. The molecule has 2 aliphatic rings. The van der Waals surface area contributed by atoms with Gasteiger partial charge in [0, 0.05) is 24.5 Å². The Bertz CT molecular complexity index is 580. The molecule has 0 radical (unpaired) electrons. The third-order valence-electron chi connectivity index (χ3n) is 4.06. The lowest BCUT2D eigenvalue weighted by Gasteiger charge is -2.05. The predicted octanol–water partition coefficient (Wildman–Crippen LogP) is 1.86. The summed E-state index contributed by atoms with van der Waals surface area (Å²) < 4.78 is 5.18. The summed E-state index contributed by atoms with van der Waals surface area (Å²) in [7, 11) is 0. The van der Waals surface area contributed by atoms with Crippen LogP contribution >= 0.6 is 0 Å². The Labute approximate surface area is 114 Å². The zero-order valence-corrected chi connectivity index (χ0v) is 10.7. The van der Waals surface area contributed by atoms with E-state index in [0.717, 1.165) is 6.42 Å². The maximum atomic E-state index is 11.8. The second-order valence-corrected chi connectivity index (χ2v) is 5.25. The summed E-state index contributed by atoms with van der Waals surface area (Å²) in [5.41, 5.74) is 0.698. The number of nitro benzene ring substituents is 1. The molecule has 3 rings (SSSR count). The average Bonchev–Trinajstić information content (AvgIpc) is 3.06. The van der Waals surface area contributed by atoms with E-state index in [4.69, 9.17) is 4.74 Å². The quantitative estimate of drug-likeness (QED) is 0.475. The number of nitro groups is 1. The maximum absolute atomic E-state index is 11.8. The first-order valence-corrected chi connectivity index (χ1v) is 6.50. The SMILES string of the molecule is O=C1CC[C@H]2[C@@H]1[C@@H]2C(=O)OCc1ccc([N+](=O)[O-])cc1. The first-order chi connectivity index (χ1) is 9.58. The zero-order chi connectivity index (χ0) is 14.3. The minimum absolute atomic E-state index is 0.00222. The van der Waals surface area contributed by atoms with E-state index in [0.29, 0.717) is 12.0 Å². The van der Waals surface area contributed by atoms with Crippen LogP contribution in [-0.2, 0) is 20.9 Å². The van der Waals surface area contributed by atoms with Gasteiger partial charge in [-0.15, -0.1) is 0 Å². The number of hydrogen-bond donors (Lipinski definition) is 0. The Morgan fingerprint density at radius 2 is 2.05 bits per heavy atom. The van der Waals surface area contributed by atoms with Gasteiger partial charge in [-0.05, 0) is 30.0 Å². The molecule has 0 unspecified atom stereocenters. The van der Waals surface area contributed by atoms with Crippen molar-refractivity contribution in [1.82, 2.24) is 0 Å². The minimum Gasteiger partial charge on any atom is -0.461 e. The fraction of sp³-hybridized carbons (Fsp3) is 0.429. The van der Waals surface area contributed by atoms with E-state index in [1.807, 2.05) is 0 Å². The first kappa shape index (κ1) is 12.8. The fourth-order valence-corrected chi connectivity index (χ4v) is 2.93. The van der Waals surface area contributed by atoms with Gasteiger partial charge in [-0.2, -0.15) is 0 Å². The molecule has 0 amide bonds. The van der Waals surface area contributed by atoms with Crippen LogP contribution in [0.15, 0.2) is 24.3 Å². The molecule has 0 heterocycles. The van der Waals surface area contributed by atoms with Crippen molar-refractivity contribution in [3.8, 4) is 0 Å². The Hall–Kier alpha value is -2.24. The van der Waals surface area contributed by atoms with Gasteiger partial charge in [0.25, 0.3) is 5.69 Å². The van der Waals surface area contributed by atoms with Gasteiger partial charge in [-0.1, -0.05) is 0 Å². The van der Waals surface area contributed by atoms with E-state index in [-0.39, 0.29) is 41.8 Å². The largest absolute Gasteiger partial charge is 0.461 e. The second kappa shape index (κ2) is 4.70. The Kier molecular flexibility index (Phi) is 3.00. The molecule has 6 nitrogen and oxygen atoms in total. The summed E-state index contributed by atoms with van der Waals surface area (Å²) >= 11 is 0. The highest BCUT2D eigenvalue weighted by Gasteiger charge is 2.62. The Morgan fingerprint density at radius 1 is 1.35 bits per heavy atom. The summed E-state index contributed by atoms with van der Waals surface area (Å²) in [6.07, 6.45) is 1.38. The van der Waals surface area contributed by atoms with Crippen LogP contribution in [0.2, 0.25) is 0 Å². The summed E-state index contributed by atoms with van der Waals surface area (Å²) in [5.74, 6) is -0.334. The number of rotatable bonds is 4. The lowest BCUT2D eigenvalue weighted by Crippen LogP contribution is -2.13. The Balaban J connectivity index is 1.54.